The summed E-state index contributed by atoms with van der Waals surface area (Å²) in [7, 11) is 0. The molecule has 1 aromatic carbocycles. The molecule has 1 aliphatic rings. The number of para-hydroxylation sites is 1. The van der Waals surface area contributed by atoms with Gasteiger partial charge in [-0.05, 0) is 26.0 Å². The molecular weight excluding hydrogens is 252 g/mol. The van der Waals surface area contributed by atoms with Gasteiger partial charge in [0.25, 0.3) is 11.0 Å². The predicted octanol–water partition coefficient (Wildman–Crippen LogP) is 1.46. The molecule has 0 spiro atoms. The Morgan fingerprint density at radius 3 is 2.79 bits per heavy atom. The van der Waals surface area contributed by atoms with Gasteiger partial charge in [-0.1, -0.05) is 12.1 Å². The molecule has 0 unspecified atom stereocenters. The van der Waals surface area contributed by atoms with Crippen LogP contribution in [0.4, 0.5) is 0 Å². The van der Waals surface area contributed by atoms with Crippen LogP contribution in [-0.4, -0.2) is 34.8 Å². The molecule has 2 atom stereocenters. The van der Waals surface area contributed by atoms with Crippen LogP contribution in [-0.2, 0) is 4.84 Å². The number of hydrogen-bond acceptors (Lipinski definition) is 5. The van der Waals surface area contributed by atoms with Crippen LogP contribution in [0.3, 0.4) is 0 Å². The normalized spacial score (nSPS) is 17.2. The van der Waals surface area contributed by atoms with Gasteiger partial charge in [-0.15, -0.1) is 10.1 Å². The molecule has 1 aliphatic heterocycles. The summed E-state index contributed by atoms with van der Waals surface area (Å²) in [6.45, 7) is 3.28. The standard InChI is InChI=1S/C12H14N2O5/c1-8(9(2)19-14(16)17)13-7-18-11-6-4-3-5-10(11)12(13)15/h3-6,8-9H,7H2,1-2H3/t8-,9+/m1/s1. The van der Waals surface area contributed by atoms with E-state index in [1.54, 1.807) is 38.1 Å². The fourth-order valence-electron chi connectivity index (χ4n) is 1.90. The molecule has 19 heavy (non-hydrogen) atoms. The molecule has 0 radical (unpaired) electrons. The van der Waals surface area contributed by atoms with Gasteiger partial charge in [0.05, 0.1) is 11.6 Å². The van der Waals surface area contributed by atoms with Crippen LogP contribution in [0.1, 0.15) is 24.2 Å². The van der Waals surface area contributed by atoms with E-state index < -0.39 is 17.2 Å². The molecule has 0 fully saturated rings. The van der Waals surface area contributed by atoms with Crippen molar-refractivity contribution in [1.82, 2.24) is 4.90 Å². The van der Waals surface area contributed by atoms with Crippen molar-refractivity contribution in [3.8, 4) is 5.75 Å². The Balaban J connectivity index is 2.15. The van der Waals surface area contributed by atoms with Gasteiger partial charge < -0.3 is 14.5 Å². The minimum absolute atomic E-state index is 0.0580. The molecule has 0 aromatic heterocycles. The molecule has 7 heteroatoms. The summed E-state index contributed by atoms with van der Waals surface area (Å²) in [5.41, 5.74) is 0.453. The lowest BCUT2D eigenvalue weighted by molar-refractivity contribution is -0.768. The highest BCUT2D eigenvalue weighted by molar-refractivity contribution is 5.97. The fourth-order valence-corrected chi connectivity index (χ4v) is 1.90. The average Bonchev–Trinajstić information content (AvgIpc) is 2.38. The lowest BCUT2D eigenvalue weighted by Crippen LogP contribution is -2.49. The maximum absolute atomic E-state index is 12.3. The van der Waals surface area contributed by atoms with E-state index in [4.69, 9.17) is 4.74 Å². The first kappa shape index (κ1) is 13.1. The molecular formula is C12H14N2O5. The van der Waals surface area contributed by atoms with Crippen LogP contribution < -0.4 is 4.74 Å². The maximum atomic E-state index is 12.3. The quantitative estimate of drug-likeness (QED) is 0.608. The Hall–Kier alpha value is -2.31. The summed E-state index contributed by atoms with van der Waals surface area (Å²) in [6.07, 6.45) is -0.729. The van der Waals surface area contributed by atoms with Crippen LogP contribution in [0.2, 0.25) is 0 Å². The van der Waals surface area contributed by atoms with Crippen LogP contribution >= 0.6 is 0 Å². The SMILES string of the molecule is C[C@H](O[N+](=O)[O-])[C@@H](C)N1COc2ccccc2C1=O. The van der Waals surface area contributed by atoms with Crippen LogP contribution in [0, 0.1) is 10.1 Å². The average molecular weight is 266 g/mol. The zero-order valence-electron chi connectivity index (χ0n) is 10.6. The maximum Gasteiger partial charge on any atom is 0.294 e. The number of rotatable bonds is 4. The van der Waals surface area contributed by atoms with Crippen LogP contribution in [0.25, 0.3) is 0 Å². The molecule has 2 rings (SSSR count). The van der Waals surface area contributed by atoms with E-state index in [2.05, 4.69) is 4.84 Å². The van der Waals surface area contributed by atoms with Gasteiger partial charge in [-0.2, -0.15) is 0 Å². The van der Waals surface area contributed by atoms with E-state index in [1.807, 2.05) is 0 Å². The van der Waals surface area contributed by atoms with Crippen molar-refractivity contribution in [3.05, 3.63) is 39.9 Å². The molecule has 0 bridgehead atoms. The Bertz CT molecular complexity index is 505. The van der Waals surface area contributed by atoms with E-state index in [1.165, 1.54) is 4.90 Å². The second kappa shape index (κ2) is 5.13. The Labute approximate surface area is 109 Å². The van der Waals surface area contributed by atoms with E-state index in [0.29, 0.717) is 11.3 Å². The summed E-state index contributed by atoms with van der Waals surface area (Å²) < 4.78 is 5.46. The lowest BCUT2D eigenvalue weighted by atomic mass is 10.1. The number of carbonyl (C=O) groups excluding carboxylic acids is 1. The fraction of sp³-hybridized carbons (Fsp3) is 0.417. The minimum atomic E-state index is -0.857. The predicted molar refractivity (Wildman–Crippen MR) is 65.1 cm³/mol. The van der Waals surface area contributed by atoms with Gasteiger partial charge in [-0.3, -0.25) is 4.79 Å². The van der Waals surface area contributed by atoms with Gasteiger partial charge in [0.1, 0.15) is 11.9 Å². The molecule has 0 saturated carbocycles. The second-order valence-corrected chi connectivity index (χ2v) is 4.32. The van der Waals surface area contributed by atoms with Gasteiger partial charge in [-0.25, -0.2) is 0 Å². The summed E-state index contributed by atoms with van der Waals surface area (Å²) in [4.78, 5) is 28.5. The third-order valence-electron chi connectivity index (χ3n) is 3.16. The summed E-state index contributed by atoms with van der Waals surface area (Å²) >= 11 is 0. The number of amides is 1. The van der Waals surface area contributed by atoms with Crippen molar-refractivity contribution in [2.75, 3.05) is 6.73 Å². The zero-order valence-corrected chi connectivity index (χ0v) is 10.6. The Kier molecular flexibility index (Phi) is 3.55. The highest BCUT2D eigenvalue weighted by Gasteiger charge is 2.32. The molecule has 1 heterocycles. The van der Waals surface area contributed by atoms with Gasteiger partial charge in [0.15, 0.2) is 6.73 Å². The summed E-state index contributed by atoms with van der Waals surface area (Å²) in [5.74, 6) is 0.312. The smallest absolute Gasteiger partial charge is 0.294 e. The van der Waals surface area contributed by atoms with Crippen molar-refractivity contribution < 1.29 is 19.5 Å². The lowest BCUT2D eigenvalue weighted by Gasteiger charge is -2.35. The molecule has 0 N–H and O–H groups in total. The number of nitrogens with zero attached hydrogens (tertiary/aromatic N) is 2. The zero-order chi connectivity index (χ0) is 14.0. The van der Waals surface area contributed by atoms with E-state index >= 15 is 0 Å². The first-order chi connectivity index (χ1) is 9.00. The first-order valence-electron chi connectivity index (χ1n) is 5.84. The highest BCUT2D eigenvalue weighted by atomic mass is 17.0. The molecule has 0 aliphatic carbocycles. The molecule has 1 aromatic rings. The van der Waals surface area contributed by atoms with E-state index in [9.17, 15) is 14.9 Å². The van der Waals surface area contributed by atoms with Crippen LogP contribution in [0.5, 0.6) is 5.75 Å². The van der Waals surface area contributed by atoms with Gasteiger partial charge in [0.2, 0.25) is 0 Å². The summed E-state index contributed by atoms with van der Waals surface area (Å²) in [5, 5.41) is 9.47. The van der Waals surface area contributed by atoms with Crippen molar-refractivity contribution >= 4 is 5.91 Å². The molecule has 1 amide bonds. The molecule has 7 nitrogen and oxygen atoms in total. The topological polar surface area (TPSA) is 81.9 Å². The third-order valence-corrected chi connectivity index (χ3v) is 3.16. The van der Waals surface area contributed by atoms with E-state index in [0.717, 1.165) is 0 Å². The van der Waals surface area contributed by atoms with Gasteiger partial charge in [0, 0.05) is 0 Å². The van der Waals surface area contributed by atoms with Crippen molar-refractivity contribution in [3.63, 3.8) is 0 Å². The van der Waals surface area contributed by atoms with Gasteiger partial charge >= 0.3 is 0 Å². The van der Waals surface area contributed by atoms with E-state index in [-0.39, 0.29) is 12.6 Å². The summed E-state index contributed by atoms with van der Waals surface area (Å²) in [6, 6.07) is 6.43. The van der Waals surface area contributed by atoms with Crippen molar-refractivity contribution in [2.45, 2.75) is 26.0 Å². The molecule has 0 saturated heterocycles. The van der Waals surface area contributed by atoms with Crippen molar-refractivity contribution in [2.24, 2.45) is 0 Å². The number of carbonyl (C=O) groups is 1. The monoisotopic (exact) mass is 266 g/mol. The first-order valence-corrected chi connectivity index (χ1v) is 5.84. The number of ether oxygens (including phenoxy) is 1. The largest absolute Gasteiger partial charge is 0.472 e. The molecule has 102 valence electrons. The Morgan fingerprint density at radius 1 is 1.42 bits per heavy atom. The second-order valence-electron chi connectivity index (χ2n) is 4.32. The van der Waals surface area contributed by atoms with Crippen molar-refractivity contribution in [1.29, 1.82) is 0 Å². The highest BCUT2D eigenvalue weighted by Crippen LogP contribution is 2.26. The Morgan fingerprint density at radius 2 is 2.11 bits per heavy atom. The van der Waals surface area contributed by atoms with Crippen LogP contribution in [0.15, 0.2) is 24.3 Å². The number of benzene rings is 1. The minimum Gasteiger partial charge on any atom is -0.472 e. The third kappa shape index (κ3) is 2.59. The number of fused-ring (bicyclic) bond motifs is 1. The number of hydrogen-bond donors (Lipinski definition) is 0.